The van der Waals surface area contributed by atoms with Crippen molar-refractivity contribution in [2.75, 3.05) is 0 Å². The summed E-state index contributed by atoms with van der Waals surface area (Å²) in [7, 11) is -1.20. The van der Waals surface area contributed by atoms with Crippen molar-refractivity contribution < 1.29 is 8.39 Å². The highest BCUT2D eigenvalue weighted by atomic mass is 31.1. The van der Waals surface area contributed by atoms with Gasteiger partial charge in [-0.05, 0) is 46.5 Å². The molecule has 1 aliphatic rings. The van der Waals surface area contributed by atoms with E-state index in [0.717, 1.165) is 34.8 Å². The highest BCUT2D eigenvalue weighted by Crippen LogP contribution is 2.44. The van der Waals surface area contributed by atoms with Gasteiger partial charge in [-0.3, -0.25) is 0 Å². The van der Waals surface area contributed by atoms with Crippen molar-refractivity contribution >= 4 is 57.3 Å². The second kappa shape index (κ2) is 6.40. The summed E-state index contributed by atoms with van der Waals surface area (Å²) in [5.74, 6) is 2.17. The van der Waals surface area contributed by atoms with Crippen LogP contribution in [0.25, 0.3) is 49.3 Å². The zero-order chi connectivity index (χ0) is 19.4. The van der Waals surface area contributed by atoms with Crippen molar-refractivity contribution in [3.63, 3.8) is 0 Å². The summed E-state index contributed by atoms with van der Waals surface area (Å²) in [4.78, 5) is 0. The van der Waals surface area contributed by atoms with Gasteiger partial charge in [-0.1, -0.05) is 78.4 Å². The zero-order valence-electron chi connectivity index (χ0n) is 15.9. The summed E-state index contributed by atoms with van der Waals surface area (Å²) in [5.41, 5.74) is 4.41. The van der Waals surface area contributed by atoms with Gasteiger partial charge in [0.25, 0.3) is 0 Å². The minimum Gasteiger partial charge on any atom is -0.416 e. The van der Waals surface area contributed by atoms with E-state index in [1.807, 2.05) is 0 Å². The van der Waals surface area contributed by atoms with E-state index in [9.17, 15) is 0 Å². The number of benzene rings is 4. The SMILES string of the molecule is C=C1CC(=Cp2oc3ccc4ccccc4c3c3c(ccc4ccccc43)o2)C1. The van der Waals surface area contributed by atoms with Gasteiger partial charge < -0.3 is 8.39 Å². The molecular weight excluding hydrogens is 375 g/mol. The average molecular weight is 394 g/mol. The topological polar surface area (TPSA) is 26.3 Å². The zero-order valence-corrected chi connectivity index (χ0v) is 16.8. The Balaban J connectivity index is 1.85. The molecule has 0 unspecified atom stereocenters. The Hall–Kier alpha value is -3.22. The van der Waals surface area contributed by atoms with Crippen LogP contribution < -0.4 is 0 Å². The second-order valence-electron chi connectivity index (χ2n) is 7.68. The van der Waals surface area contributed by atoms with Crippen LogP contribution in [0.2, 0.25) is 0 Å². The maximum Gasteiger partial charge on any atom is 0.244 e. The first kappa shape index (κ1) is 16.7. The predicted molar refractivity (Wildman–Crippen MR) is 124 cm³/mol. The van der Waals surface area contributed by atoms with E-state index in [1.165, 1.54) is 32.7 Å². The molecule has 1 fully saturated rings. The third kappa shape index (κ3) is 2.72. The highest BCUT2D eigenvalue weighted by Gasteiger charge is 2.16. The quantitative estimate of drug-likeness (QED) is 0.266. The van der Waals surface area contributed by atoms with E-state index in [0.29, 0.717) is 0 Å². The third-order valence-corrected chi connectivity index (χ3v) is 6.98. The molecule has 0 bridgehead atoms. The van der Waals surface area contributed by atoms with Gasteiger partial charge in [-0.2, -0.15) is 0 Å². The van der Waals surface area contributed by atoms with E-state index < -0.39 is 8.01 Å². The van der Waals surface area contributed by atoms with Gasteiger partial charge >= 0.3 is 0 Å². The fourth-order valence-electron chi connectivity index (χ4n) is 4.27. The van der Waals surface area contributed by atoms with Gasteiger partial charge in [-0.15, -0.1) is 0 Å². The van der Waals surface area contributed by atoms with Crippen LogP contribution in [-0.2, 0) is 0 Å². The van der Waals surface area contributed by atoms with Crippen molar-refractivity contribution in [1.82, 2.24) is 0 Å². The third-order valence-electron chi connectivity index (χ3n) is 5.65. The molecule has 0 saturated heterocycles. The maximum atomic E-state index is 6.47. The number of hydrogen-bond donors (Lipinski definition) is 0. The predicted octanol–water partition coefficient (Wildman–Crippen LogP) is 8.79. The molecule has 5 aromatic rings. The Morgan fingerprint density at radius 3 is 1.72 bits per heavy atom. The number of fused-ring (bicyclic) bond motifs is 7. The van der Waals surface area contributed by atoms with Crippen LogP contribution in [0.3, 0.4) is 0 Å². The van der Waals surface area contributed by atoms with Crippen molar-refractivity contribution in [3.05, 3.63) is 90.5 Å². The molecule has 3 heteroatoms. The molecule has 140 valence electrons. The smallest absolute Gasteiger partial charge is 0.244 e. The summed E-state index contributed by atoms with van der Waals surface area (Å²) in [5, 5.41) is 7.02. The van der Waals surface area contributed by atoms with Crippen molar-refractivity contribution in [2.45, 2.75) is 12.8 Å². The lowest BCUT2D eigenvalue weighted by atomic mass is 9.89. The molecule has 0 amide bonds. The van der Waals surface area contributed by atoms with Crippen LogP contribution in [0.4, 0.5) is 0 Å². The summed E-state index contributed by atoms with van der Waals surface area (Å²) < 4.78 is 12.9. The van der Waals surface area contributed by atoms with Crippen molar-refractivity contribution in [3.8, 4) is 0 Å². The number of allylic oxidation sites excluding steroid dienone is 2. The summed E-state index contributed by atoms with van der Waals surface area (Å²) in [6.07, 6.45) is 1.92. The van der Waals surface area contributed by atoms with Crippen LogP contribution in [0.1, 0.15) is 12.8 Å². The molecule has 4 aromatic carbocycles. The van der Waals surface area contributed by atoms with E-state index in [-0.39, 0.29) is 0 Å². The van der Waals surface area contributed by atoms with Gasteiger partial charge in [-0.25, -0.2) is 0 Å². The Bertz CT molecular complexity index is 1410. The first-order valence-electron chi connectivity index (χ1n) is 9.81. The van der Waals surface area contributed by atoms with Gasteiger partial charge in [0.05, 0.1) is 0 Å². The molecule has 1 aliphatic carbocycles. The molecule has 1 aromatic heterocycles. The molecule has 0 N–H and O–H groups in total. The maximum absolute atomic E-state index is 6.47. The molecule has 29 heavy (non-hydrogen) atoms. The lowest BCUT2D eigenvalue weighted by molar-refractivity contribution is 0.653. The van der Waals surface area contributed by atoms with Crippen LogP contribution >= 0.6 is 8.01 Å². The van der Waals surface area contributed by atoms with Crippen molar-refractivity contribution in [1.29, 1.82) is 0 Å². The van der Waals surface area contributed by atoms with Crippen LogP contribution in [0.5, 0.6) is 0 Å². The van der Waals surface area contributed by atoms with E-state index >= 15 is 0 Å². The summed E-state index contributed by atoms with van der Waals surface area (Å²) >= 11 is 0. The minimum absolute atomic E-state index is 0.889. The fourth-order valence-corrected chi connectivity index (χ4v) is 5.58. The van der Waals surface area contributed by atoms with Crippen LogP contribution in [-0.4, -0.2) is 0 Å². The van der Waals surface area contributed by atoms with Crippen molar-refractivity contribution in [2.24, 2.45) is 0 Å². The monoisotopic (exact) mass is 394 g/mol. The lowest BCUT2D eigenvalue weighted by Crippen LogP contribution is -1.98. The molecule has 0 aliphatic heterocycles. The van der Waals surface area contributed by atoms with Gasteiger partial charge in [0.2, 0.25) is 8.01 Å². The summed E-state index contributed by atoms with van der Waals surface area (Å²) in [6, 6.07) is 25.4. The van der Waals surface area contributed by atoms with E-state index in [4.69, 9.17) is 8.39 Å². The highest BCUT2D eigenvalue weighted by molar-refractivity contribution is 7.47. The van der Waals surface area contributed by atoms with Gasteiger partial charge in [0.15, 0.2) is 0 Å². The Kier molecular flexibility index (Phi) is 3.69. The van der Waals surface area contributed by atoms with E-state index in [2.05, 4.69) is 85.2 Å². The number of rotatable bonds is 1. The largest absolute Gasteiger partial charge is 0.416 e. The fraction of sp³-hybridized carbons (Fsp3) is 0.0769. The Labute approximate surface area is 169 Å². The second-order valence-corrected chi connectivity index (χ2v) is 8.87. The standard InChI is InChI=1S/C26H19O2P/c1-17-14-18(15-17)16-29-27-23-12-10-19-6-2-4-8-21(19)25(23)26-22-9-5-3-7-20(22)11-13-24(26)28-29/h2-13,16H,1,14-15H2. The van der Waals surface area contributed by atoms with Crippen LogP contribution in [0.15, 0.2) is 98.9 Å². The Morgan fingerprint density at radius 2 is 1.21 bits per heavy atom. The molecule has 6 rings (SSSR count). The molecule has 1 heterocycles. The average Bonchev–Trinajstić information content (AvgIpc) is 2.89. The molecule has 0 atom stereocenters. The number of hydrogen-bond acceptors (Lipinski definition) is 2. The molecule has 0 spiro atoms. The molecule has 2 nitrogen and oxygen atoms in total. The first-order chi connectivity index (χ1) is 14.3. The van der Waals surface area contributed by atoms with Gasteiger partial charge in [0, 0.05) is 16.6 Å². The summed E-state index contributed by atoms with van der Waals surface area (Å²) in [6.45, 7) is 4.05. The lowest BCUT2D eigenvalue weighted by Gasteiger charge is -2.18. The first-order valence-corrected chi connectivity index (χ1v) is 11.1. The normalized spacial score (nSPS) is 13.9. The molecular formula is C26H19O2P. The molecule has 0 radical (unpaired) electrons. The molecule has 1 saturated carbocycles. The van der Waals surface area contributed by atoms with Gasteiger partial charge in [0.1, 0.15) is 11.2 Å². The Morgan fingerprint density at radius 1 is 0.690 bits per heavy atom. The van der Waals surface area contributed by atoms with Crippen LogP contribution in [0, 0.1) is 0 Å². The minimum atomic E-state index is -1.20. The van der Waals surface area contributed by atoms with E-state index in [1.54, 1.807) is 0 Å².